The Kier molecular flexibility index (Phi) is 6.41. The molecule has 122 valence electrons. The number of amides is 1. The zero-order chi connectivity index (χ0) is 16.0. The van der Waals surface area contributed by atoms with Gasteiger partial charge in [0.15, 0.2) is 0 Å². The van der Waals surface area contributed by atoms with Gasteiger partial charge in [-0.15, -0.1) is 0 Å². The van der Waals surface area contributed by atoms with Gasteiger partial charge in [-0.1, -0.05) is 0 Å². The largest absolute Gasteiger partial charge is 0.466 e. The molecule has 9 heteroatoms. The van der Waals surface area contributed by atoms with E-state index in [1.54, 1.807) is 20.8 Å². The minimum Gasteiger partial charge on any atom is -0.466 e. The van der Waals surface area contributed by atoms with Crippen molar-refractivity contribution in [2.75, 3.05) is 19.7 Å². The highest BCUT2D eigenvalue weighted by atomic mass is 32.2. The average Bonchev–Trinajstić information content (AvgIpc) is 2.37. The Balaban J connectivity index is 2.52. The van der Waals surface area contributed by atoms with Crippen molar-refractivity contribution < 1.29 is 27.5 Å². The molecule has 21 heavy (non-hydrogen) atoms. The third-order valence-corrected chi connectivity index (χ3v) is 4.44. The van der Waals surface area contributed by atoms with Crippen LogP contribution in [0.4, 0.5) is 4.79 Å². The molecule has 1 fully saturated rings. The van der Waals surface area contributed by atoms with Crippen molar-refractivity contribution in [3.63, 3.8) is 0 Å². The molecule has 8 nitrogen and oxygen atoms in total. The molecular formula is C12H22N2O6S. The maximum absolute atomic E-state index is 12.0. The molecule has 1 rings (SSSR count). The molecule has 1 aliphatic rings. The molecule has 0 saturated carbocycles. The number of ether oxygens (including phenoxy) is 2. The summed E-state index contributed by atoms with van der Waals surface area (Å²) in [6.45, 7) is 5.59. The van der Waals surface area contributed by atoms with E-state index in [2.05, 4.69) is 0 Å². The highest BCUT2D eigenvalue weighted by molar-refractivity contribution is 7.87. The number of hydrogen-bond donors (Lipinski definition) is 1. The molecule has 1 saturated heterocycles. The number of rotatable bonds is 5. The fourth-order valence-electron chi connectivity index (χ4n) is 2.00. The van der Waals surface area contributed by atoms with Crippen molar-refractivity contribution in [3.05, 3.63) is 0 Å². The molecule has 1 aliphatic heterocycles. The van der Waals surface area contributed by atoms with E-state index < -0.39 is 22.4 Å². The van der Waals surface area contributed by atoms with Crippen LogP contribution >= 0.6 is 0 Å². The smallest absolute Gasteiger partial charge is 0.422 e. The van der Waals surface area contributed by atoms with E-state index in [0.717, 1.165) is 4.31 Å². The molecule has 0 unspecified atom stereocenters. The van der Waals surface area contributed by atoms with Gasteiger partial charge in [0.1, 0.15) is 0 Å². The maximum atomic E-state index is 12.0. The van der Waals surface area contributed by atoms with Gasteiger partial charge in [-0.3, -0.25) is 4.79 Å². The Morgan fingerprint density at radius 3 is 2.33 bits per heavy atom. The van der Waals surface area contributed by atoms with Crippen LogP contribution in [0.15, 0.2) is 0 Å². The van der Waals surface area contributed by atoms with Crippen molar-refractivity contribution in [2.45, 2.75) is 39.7 Å². The molecule has 0 aromatic heterocycles. The zero-order valence-corrected chi connectivity index (χ0v) is 13.3. The first-order chi connectivity index (χ1) is 9.76. The summed E-state index contributed by atoms with van der Waals surface area (Å²) in [5, 5.41) is 0. The number of nitrogens with zero attached hydrogens (tertiary/aromatic N) is 1. The molecule has 0 radical (unpaired) electrons. The third kappa shape index (κ3) is 5.50. The fourth-order valence-corrected chi connectivity index (χ4v) is 3.08. The van der Waals surface area contributed by atoms with Crippen LogP contribution in [0.25, 0.3) is 0 Å². The molecule has 0 aromatic carbocycles. The van der Waals surface area contributed by atoms with Crippen LogP contribution < -0.4 is 4.72 Å². The molecular weight excluding hydrogens is 300 g/mol. The number of carbonyl (C=O) groups excluding carboxylic acids is 2. The van der Waals surface area contributed by atoms with Crippen molar-refractivity contribution in [1.29, 1.82) is 0 Å². The molecule has 0 atom stereocenters. The van der Waals surface area contributed by atoms with Gasteiger partial charge in [0.2, 0.25) is 0 Å². The summed E-state index contributed by atoms with van der Waals surface area (Å²) in [7, 11) is -3.93. The number of nitrogens with one attached hydrogen (secondary N) is 1. The van der Waals surface area contributed by atoms with E-state index in [9.17, 15) is 18.0 Å². The minimum atomic E-state index is -3.93. The standard InChI is InChI=1S/C12H22N2O6S/c1-4-19-11(15)10-5-7-14(8-6-10)21(17,18)13-12(16)20-9(2)3/h9-10H,4-8H2,1-3H3,(H,13,16). The molecule has 1 amide bonds. The average molecular weight is 322 g/mol. The lowest BCUT2D eigenvalue weighted by atomic mass is 9.98. The molecule has 0 aromatic rings. The zero-order valence-electron chi connectivity index (χ0n) is 12.5. The van der Waals surface area contributed by atoms with Gasteiger partial charge in [-0.2, -0.15) is 12.7 Å². The summed E-state index contributed by atoms with van der Waals surface area (Å²) >= 11 is 0. The minimum absolute atomic E-state index is 0.160. The number of esters is 1. The van der Waals surface area contributed by atoms with Crippen LogP contribution in [0.5, 0.6) is 0 Å². The second-order valence-electron chi connectivity index (χ2n) is 4.99. The first kappa shape index (κ1) is 17.7. The van der Waals surface area contributed by atoms with Gasteiger partial charge in [-0.05, 0) is 33.6 Å². The van der Waals surface area contributed by atoms with E-state index in [0.29, 0.717) is 19.4 Å². The fraction of sp³-hybridized carbons (Fsp3) is 0.833. The third-order valence-electron chi connectivity index (χ3n) is 2.97. The van der Waals surface area contributed by atoms with Gasteiger partial charge in [0.05, 0.1) is 18.6 Å². The van der Waals surface area contributed by atoms with E-state index in [1.807, 2.05) is 4.72 Å². The highest BCUT2D eigenvalue weighted by Gasteiger charge is 2.33. The molecule has 0 spiro atoms. The predicted molar refractivity (Wildman–Crippen MR) is 74.6 cm³/mol. The summed E-state index contributed by atoms with van der Waals surface area (Å²) in [6, 6.07) is 0. The Morgan fingerprint density at radius 1 is 1.29 bits per heavy atom. The topological polar surface area (TPSA) is 102 Å². The summed E-state index contributed by atoms with van der Waals surface area (Å²) in [5.74, 6) is -0.597. The van der Waals surface area contributed by atoms with E-state index in [-0.39, 0.29) is 25.0 Å². The molecule has 1 heterocycles. The van der Waals surface area contributed by atoms with Gasteiger partial charge >= 0.3 is 22.3 Å². The Hall–Kier alpha value is -1.35. The van der Waals surface area contributed by atoms with E-state index in [4.69, 9.17) is 9.47 Å². The van der Waals surface area contributed by atoms with Crippen LogP contribution in [-0.2, 0) is 24.5 Å². The second kappa shape index (κ2) is 7.60. The predicted octanol–water partition coefficient (Wildman–Crippen LogP) is 0.641. The van der Waals surface area contributed by atoms with Crippen LogP contribution in [0.1, 0.15) is 33.6 Å². The van der Waals surface area contributed by atoms with E-state index in [1.165, 1.54) is 0 Å². The lowest BCUT2D eigenvalue weighted by Gasteiger charge is -2.29. The Morgan fingerprint density at radius 2 is 1.86 bits per heavy atom. The molecule has 1 N–H and O–H groups in total. The van der Waals surface area contributed by atoms with E-state index >= 15 is 0 Å². The number of hydrogen-bond acceptors (Lipinski definition) is 6. The van der Waals surface area contributed by atoms with Crippen LogP contribution in [0.3, 0.4) is 0 Å². The summed E-state index contributed by atoms with van der Waals surface area (Å²) < 4.78 is 36.6. The lowest BCUT2D eigenvalue weighted by molar-refractivity contribution is -0.149. The number of piperidine rings is 1. The summed E-state index contributed by atoms with van der Waals surface area (Å²) in [5.41, 5.74) is 0. The number of carbonyl (C=O) groups is 2. The van der Waals surface area contributed by atoms with Crippen molar-refractivity contribution in [2.24, 2.45) is 5.92 Å². The second-order valence-corrected chi connectivity index (χ2v) is 6.66. The van der Waals surface area contributed by atoms with Gasteiger partial charge < -0.3 is 9.47 Å². The first-order valence-corrected chi connectivity index (χ1v) is 8.35. The molecule has 0 aliphatic carbocycles. The van der Waals surface area contributed by atoms with Crippen LogP contribution in [0.2, 0.25) is 0 Å². The monoisotopic (exact) mass is 322 g/mol. The van der Waals surface area contributed by atoms with Gasteiger partial charge in [-0.25, -0.2) is 9.52 Å². The van der Waals surface area contributed by atoms with Crippen LogP contribution in [0, 0.1) is 5.92 Å². The van der Waals surface area contributed by atoms with Gasteiger partial charge in [0, 0.05) is 13.1 Å². The van der Waals surface area contributed by atoms with Crippen LogP contribution in [-0.4, -0.2) is 50.6 Å². The quantitative estimate of drug-likeness (QED) is 0.745. The first-order valence-electron chi connectivity index (χ1n) is 6.91. The van der Waals surface area contributed by atoms with Crippen molar-refractivity contribution >= 4 is 22.3 Å². The Labute approximate surface area is 125 Å². The summed E-state index contributed by atoms with van der Waals surface area (Å²) in [6.07, 6.45) is -0.662. The maximum Gasteiger partial charge on any atom is 0.422 e. The normalized spacial score (nSPS) is 17.5. The van der Waals surface area contributed by atoms with Crippen molar-refractivity contribution in [1.82, 2.24) is 9.03 Å². The lowest BCUT2D eigenvalue weighted by Crippen LogP contribution is -2.48. The molecule has 0 bridgehead atoms. The highest BCUT2D eigenvalue weighted by Crippen LogP contribution is 2.20. The van der Waals surface area contributed by atoms with Crippen molar-refractivity contribution in [3.8, 4) is 0 Å². The SMILES string of the molecule is CCOC(=O)C1CCN(S(=O)(=O)NC(=O)OC(C)C)CC1. The van der Waals surface area contributed by atoms with Gasteiger partial charge in [0.25, 0.3) is 0 Å². The summed E-state index contributed by atoms with van der Waals surface area (Å²) in [4.78, 5) is 22.9. The Bertz CT molecular complexity index is 468.